The number of aliphatic hydroxyl groups excluding tert-OH is 2. The number of hydrogen-bond donors (Lipinski definition) is 3. The zero-order chi connectivity index (χ0) is 15.8. The highest BCUT2D eigenvalue weighted by atomic mass is 16.5. The number of unbranched alkanes of at least 4 members (excludes halogenated alkanes) is 2. The molecular weight excluding hydrogens is 280 g/mol. The molecule has 0 aliphatic carbocycles. The zero-order valence-electron chi connectivity index (χ0n) is 12.5. The van der Waals surface area contributed by atoms with Gasteiger partial charge in [0.05, 0.1) is 52.4 Å². The Morgan fingerprint density at radius 2 is 1.52 bits per heavy atom. The number of ether oxygens (including phenoxy) is 3. The van der Waals surface area contributed by atoms with Gasteiger partial charge in [0.1, 0.15) is 0 Å². The molecule has 0 fully saturated rings. The van der Waals surface area contributed by atoms with Gasteiger partial charge < -0.3 is 29.5 Å². The molecule has 126 valence electrons. The highest BCUT2D eigenvalue weighted by Crippen LogP contribution is 2.06. The number of rotatable bonds is 16. The minimum Gasteiger partial charge on any atom is -0.481 e. The van der Waals surface area contributed by atoms with E-state index >= 15 is 0 Å². The van der Waals surface area contributed by atoms with Crippen molar-refractivity contribution in [3.8, 4) is 0 Å². The molecular formula is C14H28O7. The number of carboxylic acid groups (broad SMARTS) is 1. The summed E-state index contributed by atoms with van der Waals surface area (Å²) in [5.74, 6) is -0.777. The Bertz CT molecular complexity index is 235. The molecule has 0 aromatic heterocycles. The first kappa shape index (κ1) is 20.3. The summed E-state index contributed by atoms with van der Waals surface area (Å²) in [5.41, 5.74) is 0. The van der Waals surface area contributed by atoms with Crippen LogP contribution in [-0.4, -0.2) is 73.6 Å². The molecule has 7 heteroatoms. The highest BCUT2D eigenvalue weighted by molar-refractivity contribution is 5.66. The molecule has 7 nitrogen and oxygen atoms in total. The first-order chi connectivity index (χ1) is 10.2. The normalized spacial score (nSPS) is 12.5. The van der Waals surface area contributed by atoms with E-state index in [0.717, 1.165) is 12.8 Å². The Morgan fingerprint density at radius 3 is 2.14 bits per heavy atom. The van der Waals surface area contributed by atoms with Crippen LogP contribution in [0, 0.1) is 0 Å². The van der Waals surface area contributed by atoms with Crippen LogP contribution < -0.4 is 0 Å². The molecule has 0 spiro atoms. The van der Waals surface area contributed by atoms with Gasteiger partial charge in [0.2, 0.25) is 0 Å². The van der Waals surface area contributed by atoms with Crippen molar-refractivity contribution in [3.05, 3.63) is 0 Å². The van der Waals surface area contributed by atoms with Crippen LogP contribution in [0.3, 0.4) is 0 Å². The van der Waals surface area contributed by atoms with Gasteiger partial charge in [-0.1, -0.05) is 12.8 Å². The Labute approximate surface area is 125 Å². The van der Waals surface area contributed by atoms with Gasteiger partial charge in [-0.3, -0.25) is 4.79 Å². The van der Waals surface area contributed by atoms with Gasteiger partial charge in [-0.05, 0) is 12.8 Å². The summed E-state index contributed by atoms with van der Waals surface area (Å²) in [7, 11) is 0. The number of hydrogen-bond acceptors (Lipinski definition) is 6. The second kappa shape index (κ2) is 15.7. The molecule has 1 unspecified atom stereocenters. The van der Waals surface area contributed by atoms with Crippen LogP contribution in [0.2, 0.25) is 0 Å². The lowest BCUT2D eigenvalue weighted by atomic mass is 10.1. The van der Waals surface area contributed by atoms with E-state index in [1.54, 1.807) is 0 Å². The topological polar surface area (TPSA) is 105 Å². The van der Waals surface area contributed by atoms with Gasteiger partial charge in [0.15, 0.2) is 0 Å². The van der Waals surface area contributed by atoms with E-state index < -0.39 is 12.1 Å². The molecule has 0 radical (unpaired) electrons. The third kappa shape index (κ3) is 17.2. The lowest BCUT2D eigenvalue weighted by Gasteiger charge is -2.11. The van der Waals surface area contributed by atoms with E-state index in [2.05, 4.69) is 0 Å². The predicted molar refractivity (Wildman–Crippen MR) is 76.3 cm³/mol. The largest absolute Gasteiger partial charge is 0.481 e. The van der Waals surface area contributed by atoms with Crippen LogP contribution in [-0.2, 0) is 19.0 Å². The second-order valence-electron chi connectivity index (χ2n) is 4.67. The van der Waals surface area contributed by atoms with E-state index in [-0.39, 0.29) is 19.6 Å². The molecule has 0 saturated heterocycles. The fraction of sp³-hybridized carbons (Fsp3) is 0.929. The van der Waals surface area contributed by atoms with E-state index in [9.17, 15) is 9.90 Å². The molecule has 21 heavy (non-hydrogen) atoms. The summed E-state index contributed by atoms with van der Waals surface area (Å²) in [6, 6.07) is 0. The zero-order valence-corrected chi connectivity index (χ0v) is 12.5. The summed E-state index contributed by atoms with van der Waals surface area (Å²) >= 11 is 0. The van der Waals surface area contributed by atoms with E-state index in [0.29, 0.717) is 45.9 Å². The fourth-order valence-electron chi connectivity index (χ4n) is 1.64. The average molecular weight is 308 g/mol. The van der Waals surface area contributed by atoms with Crippen LogP contribution in [0.5, 0.6) is 0 Å². The first-order valence-corrected chi connectivity index (χ1v) is 7.40. The molecule has 0 aliphatic rings. The molecule has 0 saturated carbocycles. The second-order valence-corrected chi connectivity index (χ2v) is 4.67. The van der Waals surface area contributed by atoms with Crippen LogP contribution in [0.1, 0.15) is 32.1 Å². The Morgan fingerprint density at radius 1 is 0.905 bits per heavy atom. The lowest BCUT2D eigenvalue weighted by molar-refractivity contribution is -0.137. The molecule has 0 aromatic rings. The number of carbonyl (C=O) groups is 1. The third-order valence-electron chi connectivity index (χ3n) is 2.72. The standard InChI is InChI=1S/C14H28O7/c15-6-7-19-8-9-20-10-11-21-12-13(16)4-2-1-3-5-14(17)18/h13,15-16H,1-12H2,(H,17,18). The molecule has 0 rings (SSSR count). The smallest absolute Gasteiger partial charge is 0.303 e. The SMILES string of the molecule is O=C(O)CCCCCC(O)COCCOCCOCCO. The summed E-state index contributed by atoms with van der Waals surface area (Å²) in [5, 5.41) is 26.6. The van der Waals surface area contributed by atoms with Crippen molar-refractivity contribution in [2.45, 2.75) is 38.2 Å². The Hall–Kier alpha value is -0.730. The van der Waals surface area contributed by atoms with E-state index in [4.69, 9.17) is 24.4 Å². The number of carboxylic acids is 1. The summed E-state index contributed by atoms with van der Waals surface area (Å²) in [6.45, 7) is 2.35. The summed E-state index contributed by atoms with van der Waals surface area (Å²) < 4.78 is 15.5. The Kier molecular flexibility index (Phi) is 15.1. The minimum absolute atomic E-state index is 0.0112. The van der Waals surface area contributed by atoms with Gasteiger partial charge in [-0.25, -0.2) is 0 Å². The van der Waals surface area contributed by atoms with Crippen molar-refractivity contribution in [2.24, 2.45) is 0 Å². The highest BCUT2D eigenvalue weighted by Gasteiger charge is 2.04. The predicted octanol–water partition coefficient (Wildman–Crippen LogP) is 0.425. The van der Waals surface area contributed by atoms with Crippen molar-refractivity contribution in [1.29, 1.82) is 0 Å². The molecule has 1 atom stereocenters. The van der Waals surface area contributed by atoms with Crippen molar-refractivity contribution < 1.29 is 34.3 Å². The monoisotopic (exact) mass is 308 g/mol. The molecule has 0 aliphatic heterocycles. The maximum atomic E-state index is 10.3. The molecule has 0 bridgehead atoms. The molecule has 0 aromatic carbocycles. The maximum absolute atomic E-state index is 10.3. The van der Waals surface area contributed by atoms with Crippen LogP contribution in [0.25, 0.3) is 0 Å². The van der Waals surface area contributed by atoms with E-state index in [1.165, 1.54) is 0 Å². The Balaban J connectivity index is 3.15. The first-order valence-electron chi connectivity index (χ1n) is 7.40. The van der Waals surface area contributed by atoms with Gasteiger partial charge in [0, 0.05) is 6.42 Å². The minimum atomic E-state index is -0.777. The summed E-state index contributed by atoms with van der Waals surface area (Å²) in [6.07, 6.45) is 2.55. The fourth-order valence-corrected chi connectivity index (χ4v) is 1.64. The van der Waals surface area contributed by atoms with Gasteiger partial charge >= 0.3 is 5.97 Å². The van der Waals surface area contributed by atoms with Gasteiger partial charge in [-0.2, -0.15) is 0 Å². The number of aliphatic carboxylic acids is 1. The van der Waals surface area contributed by atoms with Crippen LogP contribution in [0.4, 0.5) is 0 Å². The maximum Gasteiger partial charge on any atom is 0.303 e. The van der Waals surface area contributed by atoms with Crippen molar-refractivity contribution >= 4 is 5.97 Å². The summed E-state index contributed by atoms with van der Waals surface area (Å²) in [4.78, 5) is 10.3. The van der Waals surface area contributed by atoms with E-state index in [1.807, 2.05) is 0 Å². The number of aliphatic hydroxyl groups is 2. The van der Waals surface area contributed by atoms with Gasteiger partial charge in [-0.15, -0.1) is 0 Å². The quantitative estimate of drug-likeness (QED) is 0.355. The van der Waals surface area contributed by atoms with Gasteiger partial charge in [0.25, 0.3) is 0 Å². The molecule has 3 N–H and O–H groups in total. The van der Waals surface area contributed by atoms with Crippen molar-refractivity contribution in [3.63, 3.8) is 0 Å². The third-order valence-corrected chi connectivity index (χ3v) is 2.72. The van der Waals surface area contributed by atoms with Crippen molar-refractivity contribution in [1.82, 2.24) is 0 Å². The average Bonchev–Trinajstić information content (AvgIpc) is 2.45. The molecule has 0 heterocycles. The molecule has 0 amide bonds. The van der Waals surface area contributed by atoms with Crippen molar-refractivity contribution in [2.75, 3.05) is 46.2 Å². The van der Waals surface area contributed by atoms with Crippen LogP contribution >= 0.6 is 0 Å². The van der Waals surface area contributed by atoms with Crippen LogP contribution in [0.15, 0.2) is 0 Å². The lowest BCUT2D eigenvalue weighted by Crippen LogP contribution is -2.18.